The minimum atomic E-state index is 0.746. The fourth-order valence-electron chi connectivity index (χ4n) is 2.08. The van der Waals surface area contributed by atoms with Gasteiger partial charge in [0, 0.05) is 4.91 Å². The second-order valence-electron chi connectivity index (χ2n) is 4.55. The molecule has 110 valence electrons. The Balaban J connectivity index is 1.55. The van der Waals surface area contributed by atoms with Crippen LogP contribution in [0.15, 0.2) is 61.2 Å². The molecule has 0 saturated carbocycles. The zero-order valence-corrected chi connectivity index (χ0v) is 14.6. The van der Waals surface area contributed by atoms with Crippen LogP contribution in [0.4, 0.5) is 0 Å². The first-order valence-corrected chi connectivity index (χ1v) is 10.1. The van der Waals surface area contributed by atoms with Crippen LogP contribution in [0.25, 0.3) is 4.91 Å². The number of thioether (sulfide) groups is 4. The van der Waals surface area contributed by atoms with Crippen molar-refractivity contribution in [2.45, 2.75) is 6.54 Å². The minimum Gasteiger partial charge on any atom is -0.240 e. The molecule has 0 N–H and O–H groups in total. The Bertz CT molecular complexity index is 767. The lowest BCUT2D eigenvalue weighted by atomic mass is 10.2. The van der Waals surface area contributed by atoms with E-state index in [1.165, 1.54) is 18.9 Å². The van der Waals surface area contributed by atoms with Gasteiger partial charge in [0.25, 0.3) is 0 Å². The second-order valence-corrected chi connectivity index (χ2v) is 8.83. The molecule has 0 radical (unpaired) electrons. The number of aromatic nitrogens is 3. The molecule has 4 rings (SSSR count). The van der Waals surface area contributed by atoms with E-state index < -0.39 is 0 Å². The highest BCUT2D eigenvalue weighted by molar-refractivity contribution is 8.35. The lowest BCUT2D eigenvalue weighted by Crippen LogP contribution is -2.05. The summed E-state index contributed by atoms with van der Waals surface area (Å²) in [7, 11) is 0. The molecule has 7 heteroatoms. The Labute approximate surface area is 145 Å². The van der Waals surface area contributed by atoms with Gasteiger partial charge in [0.1, 0.15) is 0 Å². The molecule has 3 heterocycles. The minimum absolute atomic E-state index is 0.746. The molecule has 0 aliphatic carbocycles. The van der Waals surface area contributed by atoms with Crippen molar-refractivity contribution in [2.24, 2.45) is 0 Å². The molecular weight excluding hydrogens is 350 g/mol. The molecule has 0 unspecified atom stereocenters. The monoisotopic (exact) mass is 361 g/mol. The van der Waals surface area contributed by atoms with E-state index in [0.29, 0.717) is 0 Å². The molecule has 2 aliphatic rings. The third-order valence-electron chi connectivity index (χ3n) is 3.09. The largest absolute Gasteiger partial charge is 0.240 e. The summed E-state index contributed by atoms with van der Waals surface area (Å²) in [5.41, 5.74) is 2.31. The molecule has 2 aliphatic heterocycles. The van der Waals surface area contributed by atoms with Crippen LogP contribution in [-0.2, 0) is 6.54 Å². The molecule has 2 aromatic rings. The van der Waals surface area contributed by atoms with Crippen molar-refractivity contribution in [2.75, 3.05) is 0 Å². The summed E-state index contributed by atoms with van der Waals surface area (Å²) in [6.07, 6.45) is 1.85. The van der Waals surface area contributed by atoms with Crippen LogP contribution in [0.1, 0.15) is 11.3 Å². The summed E-state index contributed by atoms with van der Waals surface area (Å²) in [6, 6.07) is 10.4. The van der Waals surface area contributed by atoms with Gasteiger partial charge in [-0.1, -0.05) is 82.6 Å². The Morgan fingerprint density at radius 1 is 0.955 bits per heavy atom. The number of rotatable bonds is 3. The highest BCUT2D eigenvalue weighted by Crippen LogP contribution is 2.55. The molecule has 0 bridgehead atoms. The van der Waals surface area contributed by atoms with Crippen molar-refractivity contribution < 1.29 is 0 Å². The van der Waals surface area contributed by atoms with Gasteiger partial charge >= 0.3 is 0 Å². The maximum absolute atomic E-state index is 4.24. The number of hydrogen-bond acceptors (Lipinski definition) is 6. The van der Waals surface area contributed by atoms with E-state index in [1.807, 2.05) is 28.7 Å². The van der Waals surface area contributed by atoms with Crippen LogP contribution < -0.4 is 0 Å². The van der Waals surface area contributed by atoms with E-state index in [9.17, 15) is 0 Å². The SMILES string of the molecule is C1=CSC(=C2SC=C(c3cnnn3Cc3ccccc3)S2)S1. The average molecular weight is 362 g/mol. The van der Waals surface area contributed by atoms with E-state index in [0.717, 1.165) is 12.2 Å². The van der Waals surface area contributed by atoms with Crippen LogP contribution >= 0.6 is 47.0 Å². The van der Waals surface area contributed by atoms with Crippen molar-refractivity contribution >= 4 is 52.0 Å². The number of benzene rings is 1. The van der Waals surface area contributed by atoms with Crippen LogP contribution in [0.5, 0.6) is 0 Å². The average Bonchev–Trinajstić information content (AvgIpc) is 3.29. The maximum atomic E-state index is 4.24. The predicted molar refractivity (Wildman–Crippen MR) is 100 cm³/mol. The fourth-order valence-corrected chi connectivity index (χ4v) is 6.56. The number of hydrogen-bond donors (Lipinski definition) is 0. The highest BCUT2D eigenvalue weighted by Gasteiger charge is 2.22. The van der Waals surface area contributed by atoms with Crippen molar-refractivity contribution in [3.05, 3.63) is 72.5 Å². The maximum Gasteiger partial charge on any atom is 0.0962 e. The molecule has 3 nitrogen and oxygen atoms in total. The van der Waals surface area contributed by atoms with Crippen LogP contribution in [-0.4, -0.2) is 15.0 Å². The zero-order chi connectivity index (χ0) is 14.8. The van der Waals surface area contributed by atoms with Crippen molar-refractivity contribution in [3.8, 4) is 0 Å². The van der Waals surface area contributed by atoms with Crippen molar-refractivity contribution in [1.82, 2.24) is 15.0 Å². The first-order valence-electron chi connectivity index (χ1n) is 6.60. The lowest BCUT2D eigenvalue weighted by molar-refractivity contribution is 0.644. The van der Waals surface area contributed by atoms with E-state index in [4.69, 9.17) is 0 Å². The molecular formula is C15H11N3S4. The summed E-state index contributed by atoms with van der Waals surface area (Å²) >= 11 is 7.19. The Hall–Kier alpha value is -1.02. The van der Waals surface area contributed by atoms with Crippen LogP contribution in [0.3, 0.4) is 0 Å². The van der Waals surface area contributed by atoms with Crippen LogP contribution in [0, 0.1) is 0 Å². The van der Waals surface area contributed by atoms with Gasteiger partial charge in [0.15, 0.2) is 0 Å². The van der Waals surface area contributed by atoms with Gasteiger partial charge in [-0.3, -0.25) is 0 Å². The summed E-state index contributed by atoms with van der Waals surface area (Å²) in [5, 5.41) is 14.8. The highest BCUT2D eigenvalue weighted by atomic mass is 32.2. The van der Waals surface area contributed by atoms with E-state index in [-0.39, 0.29) is 0 Å². The van der Waals surface area contributed by atoms with Crippen molar-refractivity contribution in [3.63, 3.8) is 0 Å². The van der Waals surface area contributed by atoms with Gasteiger partial charge in [0.05, 0.1) is 26.9 Å². The Morgan fingerprint density at radius 3 is 2.59 bits per heavy atom. The first-order chi connectivity index (χ1) is 10.9. The van der Waals surface area contributed by atoms with Gasteiger partial charge < -0.3 is 0 Å². The topological polar surface area (TPSA) is 30.7 Å². The summed E-state index contributed by atoms with van der Waals surface area (Å²) in [4.78, 5) is 1.22. The quantitative estimate of drug-likeness (QED) is 0.748. The van der Waals surface area contributed by atoms with Gasteiger partial charge in [0.2, 0.25) is 0 Å². The molecule has 0 fully saturated rings. The molecule has 0 atom stereocenters. The van der Waals surface area contributed by atoms with Crippen LogP contribution in [0.2, 0.25) is 0 Å². The fraction of sp³-hybridized carbons (Fsp3) is 0.0667. The summed E-state index contributed by atoms with van der Waals surface area (Å²) in [6.45, 7) is 0.746. The second kappa shape index (κ2) is 6.62. The number of nitrogens with zero attached hydrogens (tertiary/aromatic N) is 3. The van der Waals surface area contributed by atoms with Gasteiger partial charge in [-0.2, -0.15) is 0 Å². The summed E-state index contributed by atoms with van der Waals surface area (Å²) < 4.78 is 4.68. The molecule has 0 spiro atoms. The van der Waals surface area contributed by atoms with E-state index in [1.54, 1.807) is 35.3 Å². The molecule has 22 heavy (non-hydrogen) atoms. The third kappa shape index (κ3) is 3.03. The van der Waals surface area contributed by atoms with Gasteiger partial charge in [-0.05, 0) is 21.8 Å². The smallest absolute Gasteiger partial charge is 0.0962 e. The standard InChI is InChI=1S/C15H11N3S4/c1-2-4-11(5-3-1)9-18-12(8-16-17-18)13-10-21-15(22-13)14-19-6-7-20-14/h1-8,10H,9H2. The summed E-state index contributed by atoms with van der Waals surface area (Å²) in [5.74, 6) is 0. The molecule has 1 aromatic carbocycles. The van der Waals surface area contributed by atoms with Gasteiger partial charge in [-0.15, -0.1) is 5.10 Å². The molecule has 0 saturated heterocycles. The van der Waals surface area contributed by atoms with Crippen molar-refractivity contribution in [1.29, 1.82) is 0 Å². The zero-order valence-electron chi connectivity index (χ0n) is 11.4. The van der Waals surface area contributed by atoms with E-state index >= 15 is 0 Å². The van der Waals surface area contributed by atoms with Gasteiger partial charge in [-0.25, -0.2) is 4.68 Å². The first kappa shape index (κ1) is 14.6. The molecule has 1 aromatic heterocycles. The predicted octanol–water partition coefficient (Wildman–Crippen LogP) is 5.18. The van der Waals surface area contributed by atoms with E-state index in [2.05, 4.69) is 50.8 Å². The Morgan fingerprint density at radius 2 is 1.77 bits per heavy atom. The molecule has 0 amide bonds. The normalized spacial score (nSPS) is 17.4. The third-order valence-corrected chi connectivity index (χ3v) is 8.14. The Kier molecular flexibility index (Phi) is 4.38. The lowest BCUT2D eigenvalue weighted by Gasteiger charge is -2.07.